The first kappa shape index (κ1) is 11.7. The van der Waals surface area contributed by atoms with Crippen LogP contribution in [0.2, 0.25) is 0 Å². The van der Waals surface area contributed by atoms with Crippen molar-refractivity contribution in [3.63, 3.8) is 0 Å². The van der Waals surface area contributed by atoms with Crippen molar-refractivity contribution >= 4 is 5.69 Å². The fourth-order valence-corrected chi connectivity index (χ4v) is 2.10. The van der Waals surface area contributed by atoms with Gasteiger partial charge >= 0.3 is 0 Å². The molecule has 0 fully saturated rings. The highest BCUT2D eigenvalue weighted by Crippen LogP contribution is 2.24. The summed E-state index contributed by atoms with van der Waals surface area (Å²) in [6.07, 6.45) is 7.29. The summed E-state index contributed by atoms with van der Waals surface area (Å²) in [5, 5.41) is 12.3. The number of allylic oxidation sites excluding steroid dienone is 2. The number of nitriles is 1. The van der Waals surface area contributed by atoms with Crippen molar-refractivity contribution in [2.75, 3.05) is 5.32 Å². The highest BCUT2D eigenvalue weighted by Gasteiger charge is 2.21. The number of anilines is 1. The molecule has 0 spiro atoms. The topological polar surface area (TPSA) is 35.8 Å². The van der Waals surface area contributed by atoms with Crippen molar-refractivity contribution in [2.45, 2.75) is 25.3 Å². The molecule has 88 valence electrons. The third-order valence-electron chi connectivity index (χ3n) is 3.09. The van der Waals surface area contributed by atoms with Crippen LogP contribution in [0.5, 0.6) is 0 Å². The second-order valence-corrected chi connectivity index (χ2v) is 4.30. The smallest absolute Gasteiger partial charge is 0.123 e. The summed E-state index contributed by atoms with van der Waals surface area (Å²) in [6, 6.07) is 8.22. The molecule has 0 aromatic heterocycles. The lowest BCUT2D eigenvalue weighted by atomic mass is 9.88. The molecule has 2 atom stereocenters. The Kier molecular flexibility index (Phi) is 3.77. The Morgan fingerprint density at radius 3 is 2.65 bits per heavy atom. The van der Waals surface area contributed by atoms with Gasteiger partial charge in [0, 0.05) is 5.69 Å². The van der Waals surface area contributed by atoms with Gasteiger partial charge in [0.2, 0.25) is 0 Å². The Hall–Kier alpha value is -1.82. The van der Waals surface area contributed by atoms with Gasteiger partial charge in [-0.2, -0.15) is 5.26 Å². The summed E-state index contributed by atoms with van der Waals surface area (Å²) in [5.74, 6) is 0.0831. The number of hydrogen-bond acceptors (Lipinski definition) is 2. The maximum atomic E-state index is 12.8. The van der Waals surface area contributed by atoms with Crippen LogP contribution in [0, 0.1) is 23.1 Å². The molecular weight excluding hydrogens is 215 g/mol. The van der Waals surface area contributed by atoms with E-state index in [9.17, 15) is 9.65 Å². The standard InChI is InChI=1S/C14H15FN2/c15-12-6-8-13(9-7-12)17-14(10-16)11-4-2-1-3-5-11/h1-2,6-9,11,14,17H,3-5H2. The molecule has 17 heavy (non-hydrogen) atoms. The molecule has 0 saturated carbocycles. The molecule has 1 aromatic carbocycles. The van der Waals surface area contributed by atoms with Crippen molar-refractivity contribution < 1.29 is 4.39 Å². The summed E-state index contributed by atoms with van der Waals surface area (Å²) >= 11 is 0. The summed E-state index contributed by atoms with van der Waals surface area (Å²) in [4.78, 5) is 0. The minimum absolute atomic E-state index is 0.203. The van der Waals surface area contributed by atoms with Crippen LogP contribution in [0.25, 0.3) is 0 Å². The Balaban J connectivity index is 2.02. The minimum atomic E-state index is -0.260. The van der Waals surface area contributed by atoms with Crippen molar-refractivity contribution in [3.05, 3.63) is 42.2 Å². The monoisotopic (exact) mass is 230 g/mol. The normalized spacial score (nSPS) is 20.6. The fourth-order valence-electron chi connectivity index (χ4n) is 2.10. The SMILES string of the molecule is N#CC(Nc1ccc(F)cc1)C1CC=CCC1. The zero-order valence-electron chi connectivity index (χ0n) is 9.57. The van der Waals surface area contributed by atoms with Crippen LogP contribution in [0.3, 0.4) is 0 Å². The average molecular weight is 230 g/mol. The van der Waals surface area contributed by atoms with E-state index in [2.05, 4.69) is 23.5 Å². The molecule has 2 rings (SSSR count). The molecular formula is C14H15FN2. The Labute approximate surface area is 101 Å². The van der Waals surface area contributed by atoms with Gasteiger partial charge in [0.1, 0.15) is 11.9 Å². The van der Waals surface area contributed by atoms with Crippen molar-refractivity contribution in [1.82, 2.24) is 0 Å². The van der Waals surface area contributed by atoms with Crippen LogP contribution < -0.4 is 5.32 Å². The molecule has 3 heteroatoms. The van der Waals surface area contributed by atoms with Crippen molar-refractivity contribution in [3.8, 4) is 6.07 Å². The molecule has 1 aromatic rings. The Bertz CT molecular complexity index is 431. The highest BCUT2D eigenvalue weighted by atomic mass is 19.1. The molecule has 1 aliphatic carbocycles. The first-order valence-electron chi connectivity index (χ1n) is 5.86. The molecule has 0 radical (unpaired) electrons. The summed E-state index contributed by atoms with van der Waals surface area (Å²) in [5.41, 5.74) is 0.799. The second kappa shape index (κ2) is 5.49. The number of hydrogen-bond donors (Lipinski definition) is 1. The molecule has 0 amide bonds. The van der Waals surface area contributed by atoms with Crippen LogP contribution in [0.4, 0.5) is 10.1 Å². The van der Waals surface area contributed by atoms with Crippen LogP contribution in [0.15, 0.2) is 36.4 Å². The summed E-state index contributed by atoms with van der Waals surface area (Å²) in [7, 11) is 0. The third-order valence-corrected chi connectivity index (χ3v) is 3.09. The van der Waals surface area contributed by atoms with Gasteiger partial charge in [-0.15, -0.1) is 0 Å². The van der Waals surface area contributed by atoms with Gasteiger partial charge in [0.15, 0.2) is 0 Å². The van der Waals surface area contributed by atoms with Crippen LogP contribution in [-0.2, 0) is 0 Å². The van der Waals surface area contributed by atoms with E-state index in [0.717, 1.165) is 24.9 Å². The first-order chi connectivity index (χ1) is 8.29. The van der Waals surface area contributed by atoms with Gasteiger partial charge in [-0.25, -0.2) is 4.39 Å². The van der Waals surface area contributed by atoms with Gasteiger partial charge < -0.3 is 5.32 Å². The number of halogens is 1. The molecule has 0 aliphatic heterocycles. The van der Waals surface area contributed by atoms with Crippen LogP contribution in [-0.4, -0.2) is 6.04 Å². The van der Waals surface area contributed by atoms with E-state index in [1.165, 1.54) is 12.1 Å². The largest absolute Gasteiger partial charge is 0.370 e. The third kappa shape index (κ3) is 3.07. The lowest BCUT2D eigenvalue weighted by Crippen LogP contribution is -2.28. The molecule has 1 aliphatic rings. The summed E-state index contributed by atoms with van der Waals surface area (Å²) < 4.78 is 12.8. The maximum absolute atomic E-state index is 12.8. The molecule has 2 nitrogen and oxygen atoms in total. The lowest BCUT2D eigenvalue weighted by molar-refractivity contribution is 0.457. The van der Waals surface area contributed by atoms with Crippen molar-refractivity contribution in [1.29, 1.82) is 5.26 Å². The summed E-state index contributed by atoms with van der Waals surface area (Å²) in [6.45, 7) is 0. The molecule has 0 saturated heterocycles. The van der Waals surface area contributed by atoms with Crippen LogP contribution in [0.1, 0.15) is 19.3 Å². The van der Waals surface area contributed by atoms with Gasteiger partial charge in [0.25, 0.3) is 0 Å². The quantitative estimate of drug-likeness (QED) is 0.807. The Morgan fingerprint density at radius 2 is 2.06 bits per heavy atom. The van der Waals surface area contributed by atoms with E-state index >= 15 is 0 Å². The fraction of sp³-hybridized carbons (Fsp3) is 0.357. The molecule has 0 bridgehead atoms. The second-order valence-electron chi connectivity index (χ2n) is 4.30. The van der Waals surface area contributed by atoms with E-state index in [4.69, 9.17) is 0 Å². The number of nitrogens with one attached hydrogen (secondary N) is 1. The maximum Gasteiger partial charge on any atom is 0.123 e. The molecule has 0 heterocycles. The minimum Gasteiger partial charge on any atom is -0.370 e. The number of rotatable bonds is 3. The van der Waals surface area contributed by atoms with E-state index in [-0.39, 0.29) is 11.9 Å². The van der Waals surface area contributed by atoms with Crippen LogP contribution >= 0.6 is 0 Å². The van der Waals surface area contributed by atoms with E-state index in [1.807, 2.05) is 0 Å². The van der Waals surface area contributed by atoms with E-state index in [0.29, 0.717) is 5.92 Å². The van der Waals surface area contributed by atoms with Gasteiger partial charge in [0.05, 0.1) is 6.07 Å². The zero-order chi connectivity index (χ0) is 12.1. The van der Waals surface area contributed by atoms with Gasteiger partial charge in [-0.1, -0.05) is 12.2 Å². The zero-order valence-corrected chi connectivity index (χ0v) is 9.57. The molecule has 1 N–H and O–H groups in total. The first-order valence-corrected chi connectivity index (χ1v) is 5.86. The number of benzene rings is 1. The van der Waals surface area contributed by atoms with Crippen molar-refractivity contribution in [2.24, 2.45) is 5.92 Å². The average Bonchev–Trinajstić information content (AvgIpc) is 2.39. The number of nitrogens with zero attached hydrogens (tertiary/aromatic N) is 1. The Morgan fingerprint density at radius 1 is 1.29 bits per heavy atom. The predicted molar refractivity (Wildman–Crippen MR) is 65.9 cm³/mol. The highest BCUT2D eigenvalue weighted by molar-refractivity contribution is 5.45. The lowest BCUT2D eigenvalue weighted by Gasteiger charge is -2.24. The van der Waals surface area contributed by atoms with E-state index in [1.54, 1.807) is 12.1 Å². The van der Waals surface area contributed by atoms with Gasteiger partial charge in [-0.3, -0.25) is 0 Å². The van der Waals surface area contributed by atoms with E-state index < -0.39 is 0 Å². The molecule has 2 unspecified atom stereocenters. The predicted octanol–water partition coefficient (Wildman–Crippen LogP) is 3.49. The van der Waals surface area contributed by atoms with Gasteiger partial charge in [-0.05, 0) is 49.4 Å².